The Labute approximate surface area is 149 Å². The van der Waals surface area contributed by atoms with E-state index in [-0.39, 0.29) is 23.3 Å². The Balaban J connectivity index is 2.17. The number of anilines is 1. The molecule has 1 saturated heterocycles. The summed E-state index contributed by atoms with van der Waals surface area (Å²) in [5.74, 6) is -1.32. The maximum atomic E-state index is 14.9. The van der Waals surface area contributed by atoms with Gasteiger partial charge in [-0.25, -0.2) is 14.2 Å². The van der Waals surface area contributed by atoms with Gasteiger partial charge in [0.05, 0.1) is 12.2 Å². The van der Waals surface area contributed by atoms with Crippen LogP contribution in [0.3, 0.4) is 0 Å². The first-order chi connectivity index (χ1) is 12.1. The SMILES string of the molecule is CCN=c1oc2cc(N3CC(C(N)=O)OC3=O)cc(F)c2n1C(C)(C)C. The molecule has 1 aliphatic heterocycles. The third-order valence-corrected chi connectivity index (χ3v) is 4.03. The van der Waals surface area contributed by atoms with Gasteiger partial charge in [0.2, 0.25) is 0 Å². The first-order valence-corrected chi connectivity index (χ1v) is 8.27. The topological polar surface area (TPSA) is 103 Å². The van der Waals surface area contributed by atoms with E-state index < -0.39 is 29.5 Å². The van der Waals surface area contributed by atoms with E-state index in [1.165, 1.54) is 12.1 Å². The third kappa shape index (κ3) is 2.93. The molecule has 1 fully saturated rings. The van der Waals surface area contributed by atoms with Crippen molar-refractivity contribution in [1.29, 1.82) is 0 Å². The molecule has 0 saturated carbocycles. The van der Waals surface area contributed by atoms with Crippen molar-refractivity contribution in [3.63, 3.8) is 0 Å². The molecule has 1 aromatic carbocycles. The Morgan fingerprint density at radius 3 is 2.65 bits per heavy atom. The number of primary amides is 1. The number of cyclic esters (lactones) is 1. The summed E-state index contributed by atoms with van der Waals surface area (Å²) < 4.78 is 27.3. The molecule has 0 spiro atoms. The van der Waals surface area contributed by atoms with Gasteiger partial charge < -0.3 is 14.9 Å². The predicted molar refractivity (Wildman–Crippen MR) is 92.1 cm³/mol. The van der Waals surface area contributed by atoms with Crippen LogP contribution in [-0.2, 0) is 15.1 Å². The quantitative estimate of drug-likeness (QED) is 0.898. The zero-order valence-electron chi connectivity index (χ0n) is 15.1. The van der Waals surface area contributed by atoms with E-state index in [0.717, 1.165) is 4.90 Å². The van der Waals surface area contributed by atoms with Crippen molar-refractivity contribution in [2.45, 2.75) is 39.3 Å². The zero-order chi connectivity index (χ0) is 19.2. The number of nitrogens with zero attached hydrogens (tertiary/aromatic N) is 3. The van der Waals surface area contributed by atoms with Crippen molar-refractivity contribution in [3.05, 3.63) is 23.6 Å². The average Bonchev–Trinajstić information content (AvgIpc) is 3.08. The molecule has 140 valence electrons. The van der Waals surface area contributed by atoms with E-state index in [1.807, 2.05) is 27.7 Å². The molecule has 3 rings (SSSR count). The van der Waals surface area contributed by atoms with Crippen molar-refractivity contribution in [2.75, 3.05) is 18.0 Å². The van der Waals surface area contributed by atoms with Gasteiger partial charge in [-0.3, -0.25) is 14.3 Å². The summed E-state index contributed by atoms with van der Waals surface area (Å²) in [6.07, 6.45) is -1.83. The van der Waals surface area contributed by atoms with E-state index in [9.17, 15) is 14.0 Å². The van der Waals surface area contributed by atoms with Crippen molar-refractivity contribution >= 4 is 28.8 Å². The summed E-state index contributed by atoms with van der Waals surface area (Å²) >= 11 is 0. The summed E-state index contributed by atoms with van der Waals surface area (Å²) in [4.78, 5) is 28.7. The molecule has 8 nitrogen and oxygen atoms in total. The van der Waals surface area contributed by atoms with E-state index in [2.05, 4.69) is 4.99 Å². The Morgan fingerprint density at radius 2 is 2.12 bits per heavy atom. The van der Waals surface area contributed by atoms with Crippen molar-refractivity contribution in [3.8, 4) is 0 Å². The minimum atomic E-state index is -1.07. The fraction of sp³-hybridized carbons (Fsp3) is 0.471. The third-order valence-electron chi connectivity index (χ3n) is 4.03. The van der Waals surface area contributed by atoms with Crippen molar-refractivity contribution < 1.29 is 23.1 Å². The highest BCUT2D eigenvalue weighted by Gasteiger charge is 2.36. The van der Waals surface area contributed by atoms with Crippen LogP contribution in [0.4, 0.5) is 14.9 Å². The van der Waals surface area contributed by atoms with Gasteiger partial charge in [0.15, 0.2) is 17.5 Å². The fourth-order valence-corrected chi connectivity index (χ4v) is 2.93. The molecule has 2 heterocycles. The smallest absolute Gasteiger partial charge is 0.415 e. The summed E-state index contributed by atoms with van der Waals surface area (Å²) in [5.41, 5.74) is 5.73. The number of rotatable bonds is 3. The Hall–Kier alpha value is -2.84. The van der Waals surface area contributed by atoms with Crippen LogP contribution in [0.15, 0.2) is 21.5 Å². The van der Waals surface area contributed by atoms with Crippen LogP contribution >= 0.6 is 0 Å². The van der Waals surface area contributed by atoms with Gasteiger partial charge in [0, 0.05) is 24.2 Å². The minimum absolute atomic E-state index is 0.0781. The summed E-state index contributed by atoms with van der Waals surface area (Å²) in [5, 5.41) is 0. The molecule has 2 amide bonds. The zero-order valence-corrected chi connectivity index (χ0v) is 15.1. The summed E-state index contributed by atoms with van der Waals surface area (Å²) in [6, 6.07) is 2.74. The summed E-state index contributed by atoms with van der Waals surface area (Å²) in [7, 11) is 0. The lowest BCUT2D eigenvalue weighted by atomic mass is 10.1. The van der Waals surface area contributed by atoms with Crippen LogP contribution < -0.4 is 16.3 Å². The average molecular weight is 364 g/mol. The second-order valence-electron chi connectivity index (χ2n) is 7.02. The van der Waals surface area contributed by atoms with Gasteiger partial charge in [-0.1, -0.05) is 0 Å². The molecule has 1 atom stereocenters. The number of ether oxygens (including phenoxy) is 1. The number of carbonyl (C=O) groups excluding carboxylic acids is 2. The number of aromatic nitrogens is 1. The Bertz CT molecular complexity index is 954. The Morgan fingerprint density at radius 1 is 1.42 bits per heavy atom. The van der Waals surface area contributed by atoms with Gasteiger partial charge in [0.1, 0.15) is 5.52 Å². The molecule has 2 N–H and O–H groups in total. The number of halogens is 1. The highest BCUT2D eigenvalue weighted by atomic mass is 19.1. The number of hydrogen-bond acceptors (Lipinski definition) is 5. The second kappa shape index (κ2) is 6.15. The number of benzene rings is 1. The maximum absolute atomic E-state index is 14.9. The van der Waals surface area contributed by atoms with Crippen molar-refractivity contribution in [2.24, 2.45) is 10.7 Å². The molecule has 0 aliphatic carbocycles. The first-order valence-electron chi connectivity index (χ1n) is 8.27. The van der Waals surface area contributed by atoms with E-state index >= 15 is 0 Å². The standard InChI is InChI=1S/C17H21FN4O4/c1-5-20-15-22(17(2,3)4)13-10(18)6-9(7-11(13)25-15)21-8-12(14(19)23)26-16(21)24/h6-7,12H,5,8H2,1-4H3,(H2,19,23). The Kier molecular flexibility index (Phi) is 4.25. The molecule has 0 bridgehead atoms. The highest BCUT2D eigenvalue weighted by Crippen LogP contribution is 2.30. The highest BCUT2D eigenvalue weighted by molar-refractivity contribution is 5.96. The summed E-state index contributed by atoms with van der Waals surface area (Å²) in [6.45, 7) is 8.00. The number of nitrogens with two attached hydrogens (primary N) is 1. The lowest BCUT2D eigenvalue weighted by molar-refractivity contribution is -0.124. The largest absolute Gasteiger partial charge is 0.434 e. The molecule has 1 aliphatic rings. The van der Waals surface area contributed by atoms with E-state index in [1.54, 1.807) is 4.57 Å². The molecular formula is C17H21FN4O4. The minimum Gasteiger partial charge on any atom is -0.434 e. The number of fused-ring (bicyclic) bond motifs is 1. The normalized spacial score (nSPS) is 18.7. The first kappa shape index (κ1) is 18.0. The molecule has 0 radical (unpaired) electrons. The predicted octanol–water partition coefficient (Wildman–Crippen LogP) is 1.86. The molecule has 2 aromatic rings. The maximum Gasteiger partial charge on any atom is 0.415 e. The second-order valence-corrected chi connectivity index (χ2v) is 7.02. The fourth-order valence-electron chi connectivity index (χ4n) is 2.93. The van der Waals surface area contributed by atoms with Crippen LogP contribution in [0.5, 0.6) is 0 Å². The molecule has 1 unspecified atom stereocenters. The van der Waals surface area contributed by atoms with Gasteiger partial charge in [-0.15, -0.1) is 0 Å². The molecule has 1 aromatic heterocycles. The lowest BCUT2D eigenvalue weighted by Gasteiger charge is -2.21. The van der Waals surface area contributed by atoms with Gasteiger partial charge in [0.25, 0.3) is 11.6 Å². The number of amides is 2. The monoisotopic (exact) mass is 364 g/mol. The number of hydrogen-bond donors (Lipinski definition) is 1. The van der Waals surface area contributed by atoms with Crippen LogP contribution in [-0.4, -0.2) is 35.8 Å². The number of oxazole rings is 1. The van der Waals surface area contributed by atoms with E-state index in [4.69, 9.17) is 14.9 Å². The van der Waals surface area contributed by atoms with Gasteiger partial charge >= 0.3 is 6.09 Å². The van der Waals surface area contributed by atoms with E-state index in [0.29, 0.717) is 12.2 Å². The molecule has 26 heavy (non-hydrogen) atoms. The van der Waals surface area contributed by atoms with Crippen LogP contribution in [0.25, 0.3) is 11.1 Å². The van der Waals surface area contributed by atoms with Crippen LogP contribution in [0.1, 0.15) is 27.7 Å². The molecular weight excluding hydrogens is 343 g/mol. The van der Waals surface area contributed by atoms with Crippen molar-refractivity contribution in [1.82, 2.24) is 4.57 Å². The number of carbonyl (C=O) groups is 2. The lowest BCUT2D eigenvalue weighted by Crippen LogP contribution is -2.32. The van der Waals surface area contributed by atoms with Gasteiger partial charge in [-0.05, 0) is 27.7 Å². The van der Waals surface area contributed by atoms with Crippen LogP contribution in [0.2, 0.25) is 0 Å². The van der Waals surface area contributed by atoms with Crippen LogP contribution in [0, 0.1) is 5.82 Å². The molecule has 9 heteroatoms. The van der Waals surface area contributed by atoms with Gasteiger partial charge in [-0.2, -0.15) is 0 Å².